The highest BCUT2D eigenvalue weighted by atomic mass is 32.1. The molecule has 0 unspecified atom stereocenters. The SMILES string of the molecule is COc1ccc(-c2[nH]c(=O)sc2CN2CCCNCC2)c(OC)c1. The molecule has 2 heterocycles. The van der Waals surface area contributed by atoms with Crippen LogP contribution in [0.25, 0.3) is 11.3 Å². The molecule has 2 N–H and O–H groups in total. The molecule has 0 amide bonds. The van der Waals surface area contributed by atoms with Gasteiger partial charge in [0.1, 0.15) is 11.5 Å². The van der Waals surface area contributed by atoms with Gasteiger partial charge in [0.2, 0.25) is 0 Å². The van der Waals surface area contributed by atoms with Gasteiger partial charge in [-0.2, -0.15) is 0 Å². The summed E-state index contributed by atoms with van der Waals surface area (Å²) in [4.78, 5) is 18.4. The van der Waals surface area contributed by atoms with Crippen molar-refractivity contribution in [3.8, 4) is 22.8 Å². The quantitative estimate of drug-likeness (QED) is 0.863. The molecule has 1 fully saturated rings. The van der Waals surface area contributed by atoms with Gasteiger partial charge in [-0.15, -0.1) is 0 Å². The lowest BCUT2D eigenvalue weighted by molar-refractivity contribution is 0.287. The maximum absolute atomic E-state index is 12.0. The van der Waals surface area contributed by atoms with Gasteiger partial charge in [0, 0.05) is 36.1 Å². The Hall–Kier alpha value is -1.83. The van der Waals surface area contributed by atoms with Gasteiger partial charge in [-0.25, -0.2) is 0 Å². The van der Waals surface area contributed by atoms with Crippen LogP contribution in [-0.2, 0) is 6.54 Å². The minimum absolute atomic E-state index is 0.0363. The number of benzene rings is 1. The minimum atomic E-state index is -0.0363. The largest absolute Gasteiger partial charge is 0.497 e. The number of aromatic amines is 1. The molecule has 0 bridgehead atoms. The molecule has 0 radical (unpaired) electrons. The topological polar surface area (TPSA) is 66.6 Å². The first-order valence-electron chi connectivity index (χ1n) is 8.08. The third-order valence-corrected chi connectivity index (χ3v) is 5.07. The monoisotopic (exact) mass is 349 g/mol. The van der Waals surface area contributed by atoms with Crippen molar-refractivity contribution in [2.45, 2.75) is 13.0 Å². The predicted molar refractivity (Wildman–Crippen MR) is 96.2 cm³/mol. The fraction of sp³-hybridized carbons (Fsp3) is 0.471. The van der Waals surface area contributed by atoms with Crippen LogP contribution in [0.1, 0.15) is 11.3 Å². The second-order valence-corrected chi connectivity index (χ2v) is 6.83. The first-order valence-corrected chi connectivity index (χ1v) is 8.90. The number of rotatable bonds is 5. The molecule has 0 aliphatic carbocycles. The summed E-state index contributed by atoms with van der Waals surface area (Å²) in [6, 6.07) is 5.65. The summed E-state index contributed by atoms with van der Waals surface area (Å²) in [6.45, 7) is 4.85. The van der Waals surface area contributed by atoms with E-state index in [-0.39, 0.29) is 4.87 Å². The molecule has 24 heavy (non-hydrogen) atoms. The highest BCUT2D eigenvalue weighted by Crippen LogP contribution is 2.35. The molecular weight excluding hydrogens is 326 g/mol. The molecule has 1 aliphatic rings. The molecule has 1 aromatic heterocycles. The summed E-state index contributed by atoms with van der Waals surface area (Å²) in [7, 11) is 3.25. The van der Waals surface area contributed by atoms with E-state index in [9.17, 15) is 4.79 Å². The first kappa shape index (κ1) is 17.0. The lowest BCUT2D eigenvalue weighted by Crippen LogP contribution is -2.27. The molecule has 3 rings (SSSR count). The third-order valence-electron chi connectivity index (χ3n) is 4.20. The summed E-state index contributed by atoms with van der Waals surface area (Å²) in [5.74, 6) is 1.43. The van der Waals surface area contributed by atoms with Crippen LogP contribution in [0.2, 0.25) is 0 Å². The fourth-order valence-corrected chi connectivity index (χ4v) is 3.84. The Morgan fingerprint density at radius 1 is 1.21 bits per heavy atom. The van der Waals surface area contributed by atoms with Crippen LogP contribution in [0.4, 0.5) is 0 Å². The van der Waals surface area contributed by atoms with Crippen molar-refractivity contribution in [1.29, 1.82) is 0 Å². The van der Waals surface area contributed by atoms with Gasteiger partial charge in [-0.05, 0) is 31.6 Å². The summed E-state index contributed by atoms with van der Waals surface area (Å²) >= 11 is 1.28. The Morgan fingerprint density at radius 3 is 2.88 bits per heavy atom. The lowest BCUT2D eigenvalue weighted by atomic mass is 10.1. The Kier molecular flexibility index (Phi) is 5.55. The van der Waals surface area contributed by atoms with E-state index in [2.05, 4.69) is 15.2 Å². The van der Waals surface area contributed by atoms with E-state index in [1.54, 1.807) is 14.2 Å². The standard InChI is InChI=1S/C17H23N3O3S/c1-22-12-4-5-13(14(10-12)23-2)16-15(24-17(21)19-16)11-20-8-3-6-18-7-9-20/h4-5,10,18H,3,6-9,11H2,1-2H3,(H,19,21). The van der Waals surface area contributed by atoms with Crippen molar-refractivity contribution in [3.63, 3.8) is 0 Å². The van der Waals surface area contributed by atoms with E-state index < -0.39 is 0 Å². The Labute approximate surface area is 145 Å². The number of hydrogen-bond acceptors (Lipinski definition) is 6. The van der Waals surface area contributed by atoms with Crippen molar-refractivity contribution in [2.75, 3.05) is 40.4 Å². The van der Waals surface area contributed by atoms with Gasteiger partial charge < -0.3 is 19.8 Å². The average Bonchev–Trinajstić information content (AvgIpc) is 2.79. The minimum Gasteiger partial charge on any atom is -0.497 e. The van der Waals surface area contributed by atoms with E-state index in [0.717, 1.165) is 61.0 Å². The van der Waals surface area contributed by atoms with Gasteiger partial charge in [0.25, 0.3) is 0 Å². The second-order valence-electron chi connectivity index (χ2n) is 5.76. The highest BCUT2D eigenvalue weighted by molar-refractivity contribution is 7.09. The molecule has 130 valence electrons. The number of ether oxygens (including phenoxy) is 2. The smallest absolute Gasteiger partial charge is 0.305 e. The molecule has 7 heteroatoms. The number of hydrogen-bond donors (Lipinski definition) is 2. The number of nitrogens with one attached hydrogen (secondary N) is 2. The third kappa shape index (κ3) is 3.80. The van der Waals surface area contributed by atoms with Gasteiger partial charge in [-0.1, -0.05) is 11.3 Å². The van der Waals surface area contributed by atoms with Crippen LogP contribution in [0.15, 0.2) is 23.0 Å². The number of aromatic nitrogens is 1. The molecule has 1 aliphatic heterocycles. The first-order chi connectivity index (χ1) is 11.7. The van der Waals surface area contributed by atoms with Gasteiger partial charge >= 0.3 is 4.87 Å². The Morgan fingerprint density at radius 2 is 2.08 bits per heavy atom. The van der Waals surface area contributed by atoms with E-state index in [1.807, 2.05) is 18.2 Å². The van der Waals surface area contributed by atoms with E-state index in [1.165, 1.54) is 11.3 Å². The molecule has 6 nitrogen and oxygen atoms in total. The number of nitrogens with zero attached hydrogens (tertiary/aromatic N) is 1. The van der Waals surface area contributed by atoms with Crippen LogP contribution in [0.5, 0.6) is 11.5 Å². The van der Waals surface area contributed by atoms with Crippen LogP contribution >= 0.6 is 11.3 Å². The van der Waals surface area contributed by atoms with Crippen molar-refractivity contribution in [2.24, 2.45) is 0 Å². The maximum atomic E-state index is 12.0. The maximum Gasteiger partial charge on any atom is 0.305 e. The van der Waals surface area contributed by atoms with Crippen LogP contribution in [0, 0.1) is 0 Å². The average molecular weight is 349 g/mol. The Bertz CT molecular complexity index is 733. The number of methoxy groups -OCH3 is 2. The van der Waals surface area contributed by atoms with Crippen molar-refractivity contribution in [3.05, 3.63) is 32.7 Å². The molecule has 0 atom stereocenters. The summed E-state index contributed by atoms with van der Waals surface area (Å²) in [5, 5.41) is 3.40. The summed E-state index contributed by atoms with van der Waals surface area (Å²) in [6.07, 6.45) is 1.13. The predicted octanol–water partition coefficient (Wildman–Crippen LogP) is 1.92. The van der Waals surface area contributed by atoms with Crippen molar-refractivity contribution >= 4 is 11.3 Å². The number of H-pyrrole nitrogens is 1. The van der Waals surface area contributed by atoms with Gasteiger partial charge in [0.15, 0.2) is 0 Å². The van der Waals surface area contributed by atoms with Crippen LogP contribution in [0.3, 0.4) is 0 Å². The van der Waals surface area contributed by atoms with Crippen molar-refractivity contribution < 1.29 is 9.47 Å². The summed E-state index contributed by atoms with van der Waals surface area (Å²) in [5.41, 5.74) is 1.74. The van der Waals surface area contributed by atoms with Gasteiger partial charge in [-0.3, -0.25) is 9.69 Å². The van der Waals surface area contributed by atoms with E-state index in [4.69, 9.17) is 9.47 Å². The van der Waals surface area contributed by atoms with E-state index in [0.29, 0.717) is 5.75 Å². The molecular formula is C17H23N3O3S. The normalized spacial score (nSPS) is 15.9. The molecule has 1 aromatic carbocycles. The number of thiazole rings is 1. The summed E-state index contributed by atoms with van der Waals surface area (Å²) < 4.78 is 10.7. The molecule has 0 saturated carbocycles. The Balaban J connectivity index is 1.92. The van der Waals surface area contributed by atoms with Crippen molar-refractivity contribution in [1.82, 2.24) is 15.2 Å². The van der Waals surface area contributed by atoms with Crippen LogP contribution < -0.4 is 19.7 Å². The lowest BCUT2D eigenvalue weighted by Gasteiger charge is -2.19. The zero-order chi connectivity index (χ0) is 16.9. The van der Waals surface area contributed by atoms with Crippen LogP contribution in [-0.4, -0.2) is 50.3 Å². The highest BCUT2D eigenvalue weighted by Gasteiger charge is 2.18. The molecule has 1 saturated heterocycles. The fourth-order valence-electron chi connectivity index (χ4n) is 2.96. The molecule has 2 aromatic rings. The molecule has 0 spiro atoms. The zero-order valence-corrected chi connectivity index (χ0v) is 14.9. The van der Waals surface area contributed by atoms with E-state index >= 15 is 0 Å². The zero-order valence-electron chi connectivity index (χ0n) is 14.1. The van der Waals surface area contributed by atoms with Gasteiger partial charge in [0.05, 0.1) is 19.9 Å². The second kappa shape index (κ2) is 7.83.